The van der Waals surface area contributed by atoms with Gasteiger partial charge >= 0.3 is 0 Å². The quantitative estimate of drug-likeness (QED) is 0.0253. The number of aliphatic hydroxyl groups excluding tert-OH is 9. The van der Waals surface area contributed by atoms with Gasteiger partial charge in [-0.1, -0.05) is 20.8 Å². The van der Waals surface area contributed by atoms with Crippen molar-refractivity contribution in [3.63, 3.8) is 0 Å². The molecular formula is C60H111N5O29. The van der Waals surface area contributed by atoms with Crippen LogP contribution in [0.1, 0.15) is 73.1 Å². The van der Waals surface area contributed by atoms with Gasteiger partial charge in [-0.15, -0.1) is 0 Å². The first-order valence-electron chi connectivity index (χ1n) is 32.6. The van der Waals surface area contributed by atoms with Crippen LogP contribution in [0.3, 0.4) is 0 Å². The predicted octanol–water partition coefficient (Wildman–Crippen LogP) is -5.52. The molecule has 0 radical (unpaired) electrons. The Bertz CT molecular complexity index is 2010. The van der Waals surface area contributed by atoms with Gasteiger partial charge in [0.1, 0.15) is 68.5 Å². The van der Waals surface area contributed by atoms with Crippen LogP contribution in [0.5, 0.6) is 0 Å². The average Bonchev–Trinajstić information content (AvgIpc) is 0.847. The Kier molecular flexibility index (Phi) is 45.6. The van der Waals surface area contributed by atoms with Gasteiger partial charge in [-0.25, -0.2) is 0 Å². The van der Waals surface area contributed by atoms with Crippen molar-refractivity contribution in [2.45, 2.75) is 165 Å². The van der Waals surface area contributed by atoms with Crippen molar-refractivity contribution >= 4 is 29.5 Å². The second-order valence-electron chi connectivity index (χ2n) is 23.2. The summed E-state index contributed by atoms with van der Waals surface area (Å²) in [6.45, 7) is 9.98. The van der Waals surface area contributed by atoms with E-state index in [0.29, 0.717) is 25.7 Å². The van der Waals surface area contributed by atoms with Gasteiger partial charge in [0.05, 0.1) is 157 Å². The van der Waals surface area contributed by atoms with E-state index in [2.05, 4.69) is 26.6 Å². The average molecular weight is 1370 g/mol. The van der Waals surface area contributed by atoms with Crippen LogP contribution in [0.15, 0.2) is 0 Å². The zero-order valence-electron chi connectivity index (χ0n) is 55.2. The van der Waals surface area contributed by atoms with Crippen LogP contribution in [0.4, 0.5) is 0 Å². The van der Waals surface area contributed by atoms with Crippen LogP contribution in [0.25, 0.3) is 0 Å². The maximum atomic E-state index is 14.0. The molecule has 0 saturated carbocycles. The van der Waals surface area contributed by atoms with E-state index in [1.165, 1.54) is 0 Å². The molecule has 17 atom stereocenters. The highest BCUT2D eigenvalue weighted by Crippen LogP contribution is 2.29. The highest BCUT2D eigenvalue weighted by atomic mass is 16.7. The lowest BCUT2D eigenvalue weighted by Crippen LogP contribution is -2.55. The Morgan fingerprint density at radius 3 is 0.947 bits per heavy atom. The Morgan fingerprint density at radius 2 is 0.638 bits per heavy atom. The largest absolute Gasteiger partial charge is 0.394 e. The van der Waals surface area contributed by atoms with Crippen molar-refractivity contribution in [3.8, 4) is 0 Å². The molecule has 0 aromatic heterocycles. The van der Waals surface area contributed by atoms with Gasteiger partial charge in [-0.2, -0.15) is 0 Å². The third-order valence-electron chi connectivity index (χ3n) is 15.2. The Morgan fingerprint density at radius 1 is 0.362 bits per heavy atom. The number of rotatable bonds is 54. The van der Waals surface area contributed by atoms with Crippen molar-refractivity contribution < 1.29 is 141 Å². The molecule has 3 rings (SSSR count). The second kappa shape index (κ2) is 50.7. The SMILES string of the molecule is CC(C)NC(=O)C(CCCCNC(=O)COCCOCCOCCO[C@@H]1OC(CO)[C@H](O)[C@H](O)C1C)NC(=O)C(CCCCNC(=O)COCCOCCOCCO[C@@H]1OC(CO)[C@H](O)[C@H](O)C1C)NC(=O)COCCOCCOCCO[C@@H]1OC(CO)[C@H](O)[C@H](O)C1C. The lowest BCUT2D eigenvalue weighted by Gasteiger charge is -2.40. The minimum atomic E-state index is -1.23. The van der Waals surface area contributed by atoms with Crippen LogP contribution in [0, 0.1) is 17.8 Å². The molecule has 3 saturated heterocycles. The smallest absolute Gasteiger partial charge is 0.246 e. The van der Waals surface area contributed by atoms with E-state index in [1.807, 2.05) is 0 Å². The van der Waals surface area contributed by atoms with Gasteiger partial charge in [0.15, 0.2) is 18.9 Å². The van der Waals surface area contributed by atoms with Gasteiger partial charge in [0, 0.05) is 36.9 Å². The first-order valence-corrected chi connectivity index (χ1v) is 32.6. The number of amides is 5. The van der Waals surface area contributed by atoms with Crippen molar-refractivity contribution in [3.05, 3.63) is 0 Å². The number of nitrogens with one attached hydrogen (secondary N) is 5. The summed E-state index contributed by atoms with van der Waals surface area (Å²) < 4.78 is 82.8. The lowest BCUT2D eigenvalue weighted by atomic mass is 9.92. The summed E-state index contributed by atoms with van der Waals surface area (Å²) in [5.74, 6) is -3.97. The number of hydrogen-bond acceptors (Lipinski definition) is 29. The van der Waals surface area contributed by atoms with Crippen molar-refractivity contribution in [2.24, 2.45) is 17.8 Å². The fourth-order valence-electron chi connectivity index (χ4n) is 9.65. The van der Waals surface area contributed by atoms with Gasteiger partial charge in [0.25, 0.3) is 0 Å². The summed E-state index contributed by atoms with van der Waals surface area (Å²) in [6.07, 6.45) is -10.3. The summed E-state index contributed by atoms with van der Waals surface area (Å²) >= 11 is 0. The number of unbranched alkanes of at least 4 members (excludes halogenated alkanes) is 2. The Hall–Kier alpha value is -3.61. The molecule has 550 valence electrons. The summed E-state index contributed by atoms with van der Waals surface area (Å²) in [5, 5.41) is 103. The van der Waals surface area contributed by atoms with Crippen molar-refractivity contribution in [2.75, 3.05) is 172 Å². The molecule has 0 spiro atoms. The molecule has 3 aliphatic heterocycles. The molecule has 8 unspecified atom stereocenters. The highest BCUT2D eigenvalue weighted by Gasteiger charge is 2.45. The topological polar surface area (TPSA) is 466 Å². The molecule has 14 N–H and O–H groups in total. The monoisotopic (exact) mass is 1370 g/mol. The third kappa shape index (κ3) is 34.2. The van der Waals surface area contributed by atoms with E-state index in [4.69, 9.17) is 71.1 Å². The maximum Gasteiger partial charge on any atom is 0.246 e. The number of carbonyl (C=O) groups is 5. The molecule has 0 bridgehead atoms. The van der Waals surface area contributed by atoms with Crippen LogP contribution < -0.4 is 26.6 Å². The number of hydrogen-bond donors (Lipinski definition) is 14. The van der Waals surface area contributed by atoms with E-state index in [-0.39, 0.29) is 176 Å². The van der Waals surface area contributed by atoms with Gasteiger partial charge in [0.2, 0.25) is 29.5 Å². The van der Waals surface area contributed by atoms with E-state index in [9.17, 15) is 69.9 Å². The lowest BCUT2D eigenvalue weighted by molar-refractivity contribution is -0.284. The molecule has 3 heterocycles. The number of carbonyl (C=O) groups excluding carboxylic acids is 5. The predicted molar refractivity (Wildman–Crippen MR) is 327 cm³/mol. The first kappa shape index (κ1) is 84.6. The molecule has 94 heavy (non-hydrogen) atoms. The molecule has 0 aliphatic carbocycles. The minimum absolute atomic E-state index is 0.0318. The summed E-state index contributed by atoms with van der Waals surface area (Å²) in [4.78, 5) is 65.6. The summed E-state index contributed by atoms with van der Waals surface area (Å²) in [5.41, 5.74) is 0. The zero-order valence-corrected chi connectivity index (χ0v) is 55.2. The molecule has 0 aromatic rings. The van der Waals surface area contributed by atoms with Crippen LogP contribution in [-0.4, -0.2) is 339 Å². The Labute approximate surface area is 550 Å². The van der Waals surface area contributed by atoms with Crippen LogP contribution in [0.2, 0.25) is 0 Å². The highest BCUT2D eigenvalue weighted by molar-refractivity contribution is 5.92. The molecule has 3 fully saturated rings. The number of ether oxygens (including phenoxy) is 15. The normalized spacial score (nSPS) is 27.0. The summed E-state index contributed by atoms with van der Waals surface area (Å²) in [7, 11) is 0. The Balaban J connectivity index is 1.35. The minimum Gasteiger partial charge on any atom is -0.394 e. The first-order chi connectivity index (χ1) is 45.2. The third-order valence-corrected chi connectivity index (χ3v) is 15.2. The standard InChI is InChI=1S/C60H111N5O29/c1-38(2)63-56(78)43(11-7-9-13-62-48(70)36-87-24-21-81-15-18-84-27-30-90-59-40(4)51(73)54(76)45(33-67)93-59)65-57(79)42(64-49(71)37-88-25-22-82-16-19-85-28-31-91-60-41(5)52(74)55(77)46(34-68)94-60)10-6-8-12-61-47(69)35-86-23-20-80-14-17-83-26-29-89-58-39(3)50(72)53(75)44(32-66)92-58/h38-46,50-55,58-60,66-68,72-77H,6-37H2,1-5H3,(H,61,69)(H,62,70)(H,63,78)(H,64,71)(H,65,79)/t39?,40?,41?,42?,43?,44?,45?,46?,50-,51-,52-,53+,54+,55+,58-,59-,60-/m1/s1. The van der Waals surface area contributed by atoms with Gasteiger partial charge in [-0.05, 0) is 52.4 Å². The van der Waals surface area contributed by atoms with E-state index >= 15 is 0 Å². The molecular weight excluding hydrogens is 1250 g/mol. The molecule has 34 nitrogen and oxygen atoms in total. The van der Waals surface area contributed by atoms with Crippen molar-refractivity contribution in [1.29, 1.82) is 0 Å². The summed E-state index contributed by atoms with van der Waals surface area (Å²) in [6, 6.07) is -2.35. The fraction of sp³-hybridized carbons (Fsp3) is 0.917. The van der Waals surface area contributed by atoms with Crippen molar-refractivity contribution in [1.82, 2.24) is 26.6 Å². The molecule has 5 amide bonds. The van der Waals surface area contributed by atoms with E-state index in [1.54, 1.807) is 34.6 Å². The van der Waals surface area contributed by atoms with Gasteiger partial charge in [-0.3, -0.25) is 24.0 Å². The zero-order chi connectivity index (χ0) is 69.0. The maximum absolute atomic E-state index is 14.0. The van der Waals surface area contributed by atoms with Crippen LogP contribution >= 0.6 is 0 Å². The van der Waals surface area contributed by atoms with Gasteiger partial charge < -0.3 is 144 Å². The molecule has 34 heteroatoms. The van der Waals surface area contributed by atoms with E-state index < -0.39 is 148 Å². The number of aliphatic hydroxyl groups is 9. The fourth-order valence-corrected chi connectivity index (χ4v) is 9.65. The van der Waals surface area contributed by atoms with E-state index in [0.717, 1.165) is 0 Å². The second-order valence-corrected chi connectivity index (χ2v) is 23.2. The van der Waals surface area contributed by atoms with Crippen LogP contribution in [-0.2, 0) is 95.0 Å². The molecule has 0 aromatic carbocycles. The molecule has 3 aliphatic rings.